The van der Waals surface area contributed by atoms with Crippen molar-refractivity contribution in [1.82, 2.24) is 4.98 Å². The molecule has 128 valence electrons. The van der Waals surface area contributed by atoms with Crippen LogP contribution in [0.5, 0.6) is 0 Å². The summed E-state index contributed by atoms with van der Waals surface area (Å²) in [4.78, 5) is 10.7. The lowest BCUT2D eigenvalue weighted by atomic mass is 10.0. The summed E-state index contributed by atoms with van der Waals surface area (Å²) in [5, 5.41) is 0. The summed E-state index contributed by atoms with van der Waals surface area (Å²) < 4.78 is 0. The van der Waals surface area contributed by atoms with Crippen LogP contribution < -0.4 is 4.90 Å². The average Bonchev–Trinajstić information content (AvgIpc) is 3.30. The SMILES string of the molecule is CC(C)c1ccccc1N=Cc1ccc2c(N3CCCC3)cc[nH]c1-2. The number of hydrogen-bond acceptors (Lipinski definition) is 2. The zero-order chi connectivity index (χ0) is 17.2. The third-order valence-electron chi connectivity index (χ3n) is 5.08. The van der Waals surface area contributed by atoms with Crippen molar-refractivity contribution in [2.45, 2.75) is 32.6 Å². The first kappa shape index (κ1) is 15.9. The van der Waals surface area contributed by atoms with E-state index in [1.54, 1.807) is 0 Å². The number of aliphatic imine (C=N–C) groups is 1. The number of aromatic amines is 1. The van der Waals surface area contributed by atoms with Gasteiger partial charge in [-0.2, -0.15) is 0 Å². The Morgan fingerprint density at radius 2 is 1.84 bits per heavy atom. The van der Waals surface area contributed by atoms with E-state index < -0.39 is 0 Å². The van der Waals surface area contributed by atoms with Crippen LogP contribution in [0.2, 0.25) is 0 Å². The van der Waals surface area contributed by atoms with Gasteiger partial charge in [-0.05, 0) is 36.5 Å². The van der Waals surface area contributed by atoms with Gasteiger partial charge in [0.05, 0.1) is 11.4 Å². The third kappa shape index (κ3) is 3.07. The summed E-state index contributed by atoms with van der Waals surface area (Å²) in [5.41, 5.74) is 7.31. The Morgan fingerprint density at radius 1 is 1.04 bits per heavy atom. The van der Waals surface area contributed by atoms with Gasteiger partial charge in [0.25, 0.3) is 0 Å². The number of anilines is 1. The second kappa shape index (κ2) is 6.75. The molecule has 1 aromatic rings. The van der Waals surface area contributed by atoms with Crippen LogP contribution in [0.25, 0.3) is 11.3 Å². The number of fused-ring (bicyclic) bond motifs is 1. The Labute approximate surface area is 149 Å². The summed E-state index contributed by atoms with van der Waals surface area (Å²) in [5.74, 6) is 0.470. The van der Waals surface area contributed by atoms with Crippen molar-refractivity contribution in [3.05, 3.63) is 59.8 Å². The number of H-pyrrole nitrogens is 1. The van der Waals surface area contributed by atoms with Crippen molar-refractivity contribution in [3.8, 4) is 11.3 Å². The largest absolute Gasteiger partial charge is 0.371 e. The minimum Gasteiger partial charge on any atom is -0.371 e. The van der Waals surface area contributed by atoms with Crippen LogP contribution in [0.15, 0.2) is 53.7 Å². The number of pyridine rings is 1. The molecular weight excluding hydrogens is 306 g/mol. The lowest BCUT2D eigenvalue weighted by molar-refractivity contribution is 0.867. The van der Waals surface area contributed by atoms with Crippen LogP contribution in [0, 0.1) is 0 Å². The molecule has 25 heavy (non-hydrogen) atoms. The van der Waals surface area contributed by atoms with Gasteiger partial charge in [-0.1, -0.05) is 44.2 Å². The van der Waals surface area contributed by atoms with E-state index in [0.29, 0.717) is 5.92 Å². The van der Waals surface area contributed by atoms with Crippen LogP contribution in [-0.2, 0) is 0 Å². The fourth-order valence-electron chi connectivity index (χ4n) is 3.74. The maximum Gasteiger partial charge on any atom is 0.0664 e. The Kier molecular flexibility index (Phi) is 4.31. The van der Waals surface area contributed by atoms with Gasteiger partial charge in [-0.25, -0.2) is 0 Å². The highest BCUT2D eigenvalue weighted by molar-refractivity contribution is 5.95. The molecule has 0 unspecified atom stereocenters. The first-order chi connectivity index (χ1) is 12.2. The summed E-state index contributed by atoms with van der Waals surface area (Å²) in [6.45, 7) is 6.75. The molecule has 1 saturated heterocycles. The Balaban J connectivity index is 1.65. The van der Waals surface area contributed by atoms with E-state index >= 15 is 0 Å². The van der Waals surface area contributed by atoms with Gasteiger partial charge in [0.2, 0.25) is 0 Å². The second-order valence-corrected chi connectivity index (χ2v) is 7.11. The number of nitrogens with zero attached hydrogens (tertiary/aromatic N) is 2. The topological polar surface area (TPSA) is 31.4 Å². The Bertz CT molecular complexity index is 853. The molecule has 4 rings (SSSR count). The number of rotatable bonds is 4. The van der Waals surface area contributed by atoms with Crippen molar-refractivity contribution >= 4 is 17.6 Å². The Hall–Kier alpha value is -2.55. The van der Waals surface area contributed by atoms with Crippen molar-refractivity contribution in [3.63, 3.8) is 0 Å². The molecule has 0 saturated carbocycles. The summed E-state index contributed by atoms with van der Waals surface area (Å²) >= 11 is 0. The monoisotopic (exact) mass is 331 g/mol. The van der Waals surface area contributed by atoms with E-state index in [2.05, 4.69) is 72.4 Å². The van der Waals surface area contributed by atoms with E-state index in [1.807, 2.05) is 6.21 Å². The quantitative estimate of drug-likeness (QED) is 0.620. The molecule has 2 aliphatic heterocycles. The number of hydrogen-bond donors (Lipinski definition) is 1. The highest BCUT2D eigenvalue weighted by atomic mass is 15.1. The fraction of sp³-hybridized carbons (Fsp3) is 0.318. The lowest BCUT2D eigenvalue weighted by Crippen LogP contribution is -2.18. The third-order valence-corrected chi connectivity index (χ3v) is 5.08. The predicted octanol–water partition coefficient (Wildman–Crippen LogP) is 5.59. The van der Waals surface area contributed by atoms with Crippen LogP contribution in [0.3, 0.4) is 0 Å². The first-order valence-electron chi connectivity index (χ1n) is 9.22. The smallest absolute Gasteiger partial charge is 0.0664 e. The number of aromatic nitrogens is 1. The van der Waals surface area contributed by atoms with E-state index in [1.165, 1.54) is 35.3 Å². The molecular formula is C22H25N3. The maximum absolute atomic E-state index is 4.79. The minimum atomic E-state index is 0.470. The highest BCUT2D eigenvalue weighted by Crippen LogP contribution is 2.36. The molecule has 0 amide bonds. The van der Waals surface area contributed by atoms with Gasteiger partial charge < -0.3 is 9.88 Å². The van der Waals surface area contributed by atoms with E-state index in [0.717, 1.165) is 24.3 Å². The number of nitrogens with one attached hydrogen (secondary N) is 1. The molecule has 2 heterocycles. The molecule has 0 spiro atoms. The van der Waals surface area contributed by atoms with Gasteiger partial charge >= 0.3 is 0 Å². The van der Waals surface area contributed by atoms with Crippen molar-refractivity contribution in [2.75, 3.05) is 18.0 Å². The van der Waals surface area contributed by atoms with Crippen LogP contribution in [0.4, 0.5) is 11.4 Å². The Morgan fingerprint density at radius 3 is 2.64 bits per heavy atom. The molecule has 3 nitrogen and oxygen atoms in total. The van der Waals surface area contributed by atoms with Gasteiger partial charge in [0.1, 0.15) is 0 Å². The van der Waals surface area contributed by atoms with Crippen molar-refractivity contribution in [2.24, 2.45) is 4.99 Å². The van der Waals surface area contributed by atoms with Crippen LogP contribution in [0.1, 0.15) is 43.7 Å². The zero-order valence-corrected chi connectivity index (χ0v) is 15.0. The molecule has 0 radical (unpaired) electrons. The summed E-state index contributed by atoms with van der Waals surface area (Å²) in [7, 11) is 0. The second-order valence-electron chi connectivity index (χ2n) is 7.11. The predicted molar refractivity (Wildman–Crippen MR) is 107 cm³/mol. The van der Waals surface area contributed by atoms with Crippen molar-refractivity contribution in [1.29, 1.82) is 0 Å². The normalized spacial score (nSPS) is 15.1. The van der Waals surface area contributed by atoms with E-state index in [9.17, 15) is 0 Å². The summed E-state index contributed by atoms with van der Waals surface area (Å²) in [6, 6.07) is 15.0. The molecule has 0 bridgehead atoms. The molecule has 3 heteroatoms. The van der Waals surface area contributed by atoms with Gasteiger partial charge in [-0.3, -0.25) is 4.99 Å². The molecule has 1 aliphatic carbocycles. The highest BCUT2D eigenvalue weighted by Gasteiger charge is 2.19. The first-order valence-corrected chi connectivity index (χ1v) is 9.22. The molecule has 0 aromatic heterocycles. The molecule has 0 atom stereocenters. The van der Waals surface area contributed by atoms with Crippen LogP contribution >= 0.6 is 0 Å². The van der Waals surface area contributed by atoms with Crippen LogP contribution in [-0.4, -0.2) is 24.3 Å². The molecule has 3 aliphatic rings. The summed E-state index contributed by atoms with van der Waals surface area (Å²) in [6.07, 6.45) is 6.63. The number of benzene rings is 1. The van der Waals surface area contributed by atoms with Gasteiger partial charge in [-0.15, -0.1) is 0 Å². The minimum absolute atomic E-state index is 0.470. The van der Waals surface area contributed by atoms with Crippen molar-refractivity contribution < 1.29 is 0 Å². The fourth-order valence-corrected chi connectivity index (χ4v) is 3.74. The lowest BCUT2D eigenvalue weighted by Gasteiger charge is -2.21. The zero-order valence-electron chi connectivity index (χ0n) is 15.0. The molecule has 1 fully saturated rings. The average molecular weight is 331 g/mol. The molecule has 1 N–H and O–H groups in total. The standard InChI is InChI=1S/C22H25N3/c1-16(2)18-7-3-4-8-20(18)24-15-17-9-10-19-21(11-12-23-22(17)19)25-13-5-6-14-25/h3-4,7-12,15-16,23H,5-6,13-14H2,1-2H3. The van der Waals surface area contributed by atoms with E-state index in [4.69, 9.17) is 4.99 Å². The van der Waals surface area contributed by atoms with E-state index in [-0.39, 0.29) is 0 Å². The molecule has 1 aromatic carbocycles. The van der Waals surface area contributed by atoms with Gasteiger partial charge in [0.15, 0.2) is 0 Å². The van der Waals surface area contributed by atoms with Gasteiger partial charge in [0, 0.05) is 42.3 Å². The maximum atomic E-state index is 4.79. The number of para-hydroxylation sites is 1.